The molecule has 0 bridgehead atoms. The Hall–Kier alpha value is -2.63. The molecule has 0 saturated heterocycles. The van der Waals surface area contributed by atoms with Crippen molar-refractivity contribution in [2.75, 3.05) is 20.8 Å². The van der Waals surface area contributed by atoms with Gasteiger partial charge in [-0.25, -0.2) is 9.97 Å². The van der Waals surface area contributed by atoms with Crippen molar-refractivity contribution in [2.24, 2.45) is 0 Å². The lowest BCUT2D eigenvalue weighted by Crippen LogP contribution is -2.29. The molecule has 2 aromatic heterocycles. The number of hydrogen-bond acceptors (Lipinski definition) is 5. The van der Waals surface area contributed by atoms with Crippen LogP contribution in [0.15, 0.2) is 60.8 Å². The van der Waals surface area contributed by atoms with Crippen LogP contribution < -0.4 is 0 Å². The largest absolute Gasteiger partial charge is 0.383 e. The van der Waals surface area contributed by atoms with Gasteiger partial charge in [0.1, 0.15) is 5.82 Å². The highest BCUT2D eigenvalue weighted by Crippen LogP contribution is 2.21. The predicted molar refractivity (Wildman–Crippen MR) is 103 cm³/mol. The Balaban J connectivity index is 1.84. The van der Waals surface area contributed by atoms with Gasteiger partial charge in [0.05, 0.1) is 30.6 Å². The molecule has 134 valence electrons. The van der Waals surface area contributed by atoms with Gasteiger partial charge in [-0.1, -0.05) is 36.4 Å². The van der Waals surface area contributed by atoms with Crippen LogP contribution >= 0.6 is 0 Å². The van der Waals surface area contributed by atoms with E-state index in [4.69, 9.17) is 9.72 Å². The zero-order valence-corrected chi connectivity index (χ0v) is 15.5. The molecule has 2 heterocycles. The van der Waals surface area contributed by atoms with Crippen LogP contribution in [0.1, 0.15) is 23.3 Å². The molecule has 5 heteroatoms. The summed E-state index contributed by atoms with van der Waals surface area (Å²) in [5.41, 5.74) is 3.99. The number of methoxy groups -OCH3 is 1. The van der Waals surface area contributed by atoms with Crippen LogP contribution in [0.25, 0.3) is 11.3 Å². The summed E-state index contributed by atoms with van der Waals surface area (Å²) in [6.45, 7) is 3.18. The first-order valence-electron chi connectivity index (χ1n) is 8.67. The van der Waals surface area contributed by atoms with Gasteiger partial charge in [0.2, 0.25) is 0 Å². The lowest BCUT2D eigenvalue weighted by Gasteiger charge is -2.26. The molecule has 0 saturated carbocycles. The van der Waals surface area contributed by atoms with Gasteiger partial charge in [-0.3, -0.25) is 9.88 Å². The Labute approximate surface area is 154 Å². The summed E-state index contributed by atoms with van der Waals surface area (Å²) in [6, 6.07) is 18.2. The molecule has 0 radical (unpaired) electrons. The monoisotopic (exact) mass is 348 g/mol. The van der Waals surface area contributed by atoms with Crippen molar-refractivity contribution >= 4 is 0 Å². The Kier molecular flexibility index (Phi) is 6.04. The van der Waals surface area contributed by atoms with Crippen LogP contribution in [0.3, 0.4) is 0 Å². The molecule has 1 aromatic carbocycles. The zero-order valence-electron chi connectivity index (χ0n) is 15.5. The number of rotatable bonds is 7. The van der Waals surface area contributed by atoms with Crippen molar-refractivity contribution in [3.05, 3.63) is 78.0 Å². The summed E-state index contributed by atoms with van der Waals surface area (Å²) in [4.78, 5) is 16.0. The lowest BCUT2D eigenvalue weighted by molar-refractivity contribution is 0.0985. The van der Waals surface area contributed by atoms with E-state index in [0.717, 1.165) is 28.5 Å². The van der Waals surface area contributed by atoms with Crippen LogP contribution in [0.4, 0.5) is 0 Å². The van der Waals surface area contributed by atoms with Gasteiger partial charge in [0.25, 0.3) is 0 Å². The predicted octanol–water partition coefficient (Wildman–Crippen LogP) is 3.67. The maximum Gasteiger partial charge on any atom is 0.143 e. The minimum absolute atomic E-state index is 0.0467. The summed E-state index contributed by atoms with van der Waals surface area (Å²) in [5.74, 6) is 0.795. The Morgan fingerprint density at radius 1 is 1.04 bits per heavy atom. The zero-order chi connectivity index (χ0) is 18.4. The first-order valence-corrected chi connectivity index (χ1v) is 8.67. The molecule has 1 unspecified atom stereocenters. The molecule has 3 rings (SSSR count). The van der Waals surface area contributed by atoms with E-state index in [0.29, 0.717) is 13.2 Å². The van der Waals surface area contributed by atoms with Crippen molar-refractivity contribution in [1.29, 1.82) is 0 Å². The number of aryl methyl sites for hydroxylation is 1. The first kappa shape index (κ1) is 18.2. The molecule has 0 aliphatic heterocycles. The number of pyridine rings is 1. The molecule has 0 fully saturated rings. The number of benzene rings is 1. The van der Waals surface area contributed by atoms with E-state index in [2.05, 4.69) is 27.0 Å². The third kappa shape index (κ3) is 4.50. The Morgan fingerprint density at radius 3 is 2.50 bits per heavy atom. The smallest absolute Gasteiger partial charge is 0.143 e. The molecule has 0 spiro atoms. The molecule has 5 nitrogen and oxygen atoms in total. The molecule has 0 aliphatic carbocycles. The second-order valence-corrected chi connectivity index (χ2v) is 6.32. The fourth-order valence-electron chi connectivity index (χ4n) is 2.96. The second-order valence-electron chi connectivity index (χ2n) is 6.32. The summed E-state index contributed by atoms with van der Waals surface area (Å²) in [7, 11) is 3.76. The van der Waals surface area contributed by atoms with Gasteiger partial charge in [0, 0.05) is 24.6 Å². The van der Waals surface area contributed by atoms with E-state index in [9.17, 15) is 0 Å². The summed E-state index contributed by atoms with van der Waals surface area (Å²) in [5, 5.41) is 0. The number of likely N-dealkylation sites (N-methyl/N-ethyl adjacent to an activating group) is 1. The number of aromatic nitrogens is 3. The first-order chi connectivity index (χ1) is 12.7. The van der Waals surface area contributed by atoms with E-state index in [1.807, 2.05) is 62.6 Å². The molecular weight excluding hydrogens is 324 g/mol. The lowest BCUT2D eigenvalue weighted by atomic mass is 10.1. The van der Waals surface area contributed by atoms with Crippen molar-refractivity contribution in [3.8, 4) is 11.3 Å². The summed E-state index contributed by atoms with van der Waals surface area (Å²) >= 11 is 0. The minimum atomic E-state index is 0.0467. The Bertz CT molecular complexity index is 824. The maximum absolute atomic E-state index is 5.41. The van der Waals surface area contributed by atoms with Crippen LogP contribution in [-0.2, 0) is 11.3 Å². The van der Waals surface area contributed by atoms with Gasteiger partial charge in [0.15, 0.2) is 0 Å². The summed E-state index contributed by atoms with van der Waals surface area (Å²) in [6.07, 6.45) is 1.81. The topological polar surface area (TPSA) is 51.1 Å². The van der Waals surface area contributed by atoms with Gasteiger partial charge < -0.3 is 4.74 Å². The second kappa shape index (κ2) is 8.65. The molecule has 1 atom stereocenters. The fraction of sp³-hybridized carbons (Fsp3) is 0.286. The molecule has 0 amide bonds. The Morgan fingerprint density at radius 2 is 1.81 bits per heavy atom. The van der Waals surface area contributed by atoms with Crippen molar-refractivity contribution < 1.29 is 4.74 Å². The number of ether oxygens (including phenoxy) is 1. The van der Waals surface area contributed by atoms with Gasteiger partial charge in [-0.05, 0) is 32.2 Å². The van der Waals surface area contributed by atoms with Crippen LogP contribution in [-0.4, -0.2) is 40.6 Å². The molecule has 0 aliphatic rings. The standard InChI is InChI=1S/C21H24N4O/c1-16-13-19(17-9-5-4-6-10-17)24-21(23-16)14-25(2)20(15-26-3)18-11-7-8-12-22-18/h4-13,20H,14-15H2,1-3H3. The average Bonchev–Trinajstić information content (AvgIpc) is 2.67. The maximum atomic E-state index is 5.41. The van der Waals surface area contributed by atoms with E-state index >= 15 is 0 Å². The fourth-order valence-corrected chi connectivity index (χ4v) is 2.96. The highest BCUT2D eigenvalue weighted by atomic mass is 16.5. The van der Waals surface area contributed by atoms with Gasteiger partial charge in [-0.2, -0.15) is 0 Å². The minimum Gasteiger partial charge on any atom is -0.383 e. The van der Waals surface area contributed by atoms with E-state index in [1.54, 1.807) is 7.11 Å². The van der Waals surface area contributed by atoms with Crippen molar-refractivity contribution in [3.63, 3.8) is 0 Å². The molecule has 0 N–H and O–H groups in total. The van der Waals surface area contributed by atoms with Crippen LogP contribution in [0.5, 0.6) is 0 Å². The third-order valence-corrected chi connectivity index (χ3v) is 4.25. The van der Waals surface area contributed by atoms with E-state index < -0.39 is 0 Å². The van der Waals surface area contributed by atoms with Gasteiger partial charge in [-0.15, -0.1) is 0 Å². The number of nitrogens with zero attached hydrogens (tertiary/aromatic N) is 4. The third-order valence-electron chi connectivity index (χ3n) is 4.25. The highest BCUT2D eigenvalue weighted by molar-refractivity contribution is 5.58. The van der Waals surface area contributed by atoms with Crippen LogP contribution in [0, 0.1) is 6.92 Å². The normalized spacial score (nSPS) is 12.3. The van der Waals surface area contributed by atoms with Gasteiger partial charge >= 0.3 is 0 Å². The molecule has 3 aromatic rings. The highest BCUT2D eigenvalue weighted by Gasteiger charge is 2.19. The van der Waals surface area contributed by atoms with E-state index in [1.165, 1.54) is 0 Å². The van der Waals surface area contributed by atoms with E-state index in [-0.39, 0.29) is 6.04 Å². The SMILES string of the molecule is COCC(c1ccccn1)N(C)Cc1nc(C)cc(-c2ccccc2)n1. The average molecular weight is 348 g/mol. The quantitative estimate of drug-likeness (QED) is 0.652. The molecular formula is C21H24N4O. The van der Waals surface area contributed by atoms with Crippen molar-refractivity contribution in [1.82, 2.24) is 19.9 Å². The number of hydrogen-bond donors (Lipinski definition) is 0. The van der Waals surface area contributed by atoms with Crippen molar-refractivity contribution in [2.45, 2.75) is 19.5 Å². The molecule has 26 heavy (non-hydrogen) atoms. The summed E-state index contributed by atoms with van der Waals surface area (Å²) < 4.78 is 5.41. The van der Waals surface area contributed by atoms with Crippen LogP contribution in [0.2, 0.25) is 0 Å².